The third kappa shape index (κ3) is 4.66. The van der Waals surface area contributed by atoms with Crippen LogP contribution >= 0.6 is 0 Å². The van der Waals surface area contributed by atoms with Crippen molar-refractivity contribution in [3.05, 3.63) is 59.9 Å². The average molecular weight is 379 g/mol. The molecule has 140 valence electrons. The minimum Gasteiger partial charge on any atom is -0.324 e. The molecule has 3 rings (SSSR count). The van der Waals surface area contributed by atoms with Crippen LogP contribution in [0, 0.1) is 5.82 Å². The normalized spacial score (nSPS) is 11.4. The Morgan fingerprint density at radius 2 is 1.89 bits per heavy atom. The molecule has 1 N–H and O–H groups in total. The fourth-order valence-corrected chi connectivity index (χ4v) is 2.26. The van der Waals surface area contributed by atoms with Gasteiger partial charge in [-0.15, -0.1) is 10.2 Å². The molecule has 0 atom stereocenters. The number of rotatable bonds is 5. The molecule has 10 heteroatoms. The van der Waals surface area contributed by atoms with Crippen molar-refractivity contribution in [1.82, 2.24) is 20.2 Å². The molecule has 27 heavy (non-hydrogen) atoms. The maximum Gasteiger partial charge on any atom is 0.416 e. The fraction of sp³-hybridized carbons (Fsp3) is 0.176. The number of halogens is 4. The summed E-state index contributed by atoms with van der Waals surface area (Å²) in [7, 11) is 0. The number of benzene rings is 2. The summed E-state index contributed by atoms with van der Waals surface area (Å²) in [6, 6.07) is 10.3. The molecule has 1 heterocycles. The number of nitrogens with one attached hydrogen (secondary N) is 1. The van der Waals surface area contributed by atoms with Crippen molar-refractivity contribution >= 4 is 11.6 Å². The number of alkyl halides is 3. The van der Waals surface area contributed by atoms with Crippen molar-refractivity contribution in [3.8, 4) is 11.4 Å². The zero-order valence-corrected chi connectivity index (χ0v) is 13.7. The van der Waals surface area contributed by atoms with Gasteiger partial charge in [0.1, 0.15) is 5.82 Å². The molecule has 0 fully saturated rings. The highest BCUT2D eigenvalue weighted by molar-refractivity contribution is 5.90. The van der Waals surface area contributed by atoms with Crippen molar-refractivity contribution in [2.45, 2.75) is 19.1 Å². The van der Waals surface area contributed by atoms with Gasteiger partial charge in [0.2, 0.25) is 11.7 Å². The Hall–Kier alpha value is -3.30. The number of aromatic nitrogens is 4. The Bertz CT molecular complexity index is 954. The predicted octanol–water partition coefficient (Wildman–Crippen LogP) is 3.53. The van der Waals surface area contributed by atoms with E-state index < -0.39 is 23.5 Å². The summed E-state index contributed by atoms with van der Waals surface area (Å²) in [5, 5.41) is 13.8. The molecule has 2 aromatic carbocycles. The van der Waals surface area contributed by atoms with E-state index in [4.69, 9.17) is 0 Å². The molecule has 0 aliphatic carbocycles. The van der Waals surface area contributed by atoms with Gasteiger partial charge in [-0.05, 0) is 29.5 Å². The smallest absolute Gasteiger partial charge is 0.324 e. The lowest BCUT2D eigenvalue weighted by atomic mass is 10.1. The Kier molecular flexibility index (Phi) is 5.15. The zero-order valence-electron chi connectivity index (χ0n) is 13.7. The van der Waals surface area contributed by atoms with E-state index in [0.29, 0.717) is 0 Å². The Labute approximate surface area is 150 Å². The number of amides is 1. The molecule has 0 aliphatic rings. The van der Waals surface area contributed by atoms with Gasteiger partial charge in [-0.25, -0.2) is 4.39 Å². The summed E-state index contributed by atoms with van der Waals surface area (Å²) in [6.45, 7) is 0.0340. The number of carbonyl (C=O) groups is 1. The number of tetrazole rings is 1. The second kappa shape index (κ2) is 7.52. The van der Waals surface area contributed by atoms with E-state index in [1.807, 2.05) is 0 Å². The topological polar surface area (TPSA) is 72.7 Å². The van der Waals surface area contributed by atoms with E-state index in [1.54, 1.807) is 6.07 Å². The van der Waals surface area contributed by atoms with Crippen molar-refractivity contribution in [1.29, 1.82) is 0 Å². The molecular weight excluding hydrogens is 366 g/mol. The van der Waals surface area contributed by atoms with Gasteiger partial charge in [-0.2, -0.15) is 18.0 Å². The van der Waals surface area contributed by atoms with E-state index in [9.17, 15) is 22.4 Å². The van der Waals surface area contributed by atoms with Crippen LogP contribution in [0.4, 0.5) is 23.2 Å². The number of hydrogen-bond donors (Lipinski definition) is 1. The van der Waals surface area contributed by atoms with Gasteiger partial charge >= 0.3 is 6.18 Å². The van der Waals surface area contributed by atoms with Crippen LogP contribution in [-0.2, 0) is 17.5 Å². The number of nitrogens with zero attached hydrogens (tertiary/aromatic N) is 4. The highest BCUT2D eigenvalue weighted by Crippen LogP contribution is 2.31. The van der Waals surface area contributed by atoms with Gasteiger partial charge in [0, 0.05) is 12.0 Å². The summed E-state index contributed by atoms with van der Waals surface area (Å²) in [6.07, 6.45) is -4.54. The summed E-state index contributed by atoms with van der Waals surface area (Å²) in [4.78, 5) is 13.0. The van der Waals surface area contributed by atoms with Crippen LogP contribution < -0.4 is 5.32 Å². The first kappa shape index (κ1) is 18.5. The van der Waals surface area contributed by atoms with Crippen molar-refractivity contribution in [2.24, 2.45) is 0 Å². The lowest BCUT2D eigenvalue weighted by Crippen LogP contribution is -2.16. The average Bonchev–Trinajstić information content (AvgIpc) is 3.10. The molecule has 0 radical (unpaired) electrons. The van der Waals surface area contributed by atoms with Crippen molar-refractivity contribution in [3.63, 3.8) is 0 Å². The number of anilines is 1. The summed E-state index contributed by atoms with van der Waals surface area (Å²) in [5.41, 5.74) is -0.605. The Balaban J connectivity index is 1.63. The van der Waals surface area contributed by atoms with Gasteiger partial charge in [-0.3, -0.25) is 4.79 Å². The molecule has 1 aromatic heterocycles. The number of aryl methyl sites for hydroxylation is 1. The standard InChI is InChI=1S/C17H13F4N5O/c18-13-6-1-2-7-14(13)22-15(27)8-9-26-24-16(23-25-26)11-4-3-5-12(10-11)17(19,20)21/h1-7,10H,8-9H2,(H,22,27). The lowest BCUT2D eigenvalue weighted by Gasteiger charge is -2.06. The van der Waals surface area contributed by atoms with Crippen molar-refractivity contribution in [2.75, 3.05) is 5.32 Å². The van der Waals surface area contributed by atoms with Crippen LogP contribution in [0.15, 0.2) is 48.5 Å². The van der Waals surface area contributed by atoms with E-state index in [-0.39, 0.29) is 30.0 Å². The number of carbonyl (C=O) groups excluding carboxylic acids is 1. The first-order chi connectivity index (χ1) is 12.8. The van der Waals surface area contributed by atoms with Crippen LogP contribution in [0.3, 0.4) is 0 Å². The Morgan fingerprint density at radius 1 is 1.11 bits per heavy atom. The molecule has 6 nitrogen and oxygen atoms in total. The van der Waals surface area contributed by atoms with E-state index >= 15 is 0 Å². The fourth-order valence-electron chi connectivity index (χ4n) is 2.26. The minimum absolute atomic E-state index is 0.00983. The SMILES string of the molecule is O=C(CCn1nnc(-c2cccc(C(F)(F)F)c2)n1)Nc1ccccc1F. The van der Waals surface area contributed by atoms with Crippen molar-refractivity contribution < 1.29 is 22.4 Å². The van der Waals surface area contributed by atoms with Gasteiger partial charge in [0.15, 0.2) is 0 Å². The quantitative estimate of drug-likeness (QED) is 0.689. The minimum atomic E-state index is -4.48. The van der Waals surface area contributed by atoms with Gasteiger partial charge in [-0.1, -0.05) is 24.3 Å². The first-order valence-corrected chi connectivity index (χ1v) is 7.83. The largest absolute Gasteiger partial charge is 0.416 e. The lowest BCUT2D eigenvalue weighted by molar-refractivity contribution is -0.137. The molecule has 0 spiro atoms. The summed E-state index contributed by atoms with van der Waals surface area (Å²) < 4.78 is 51.8. The zero-order chi connectivity index (χ0) is 19.4. The maximum absolute atomic E-state index is 13.5. The molecule has 0 bridgehead atoms. The molecule has 1 amide bonds. The first-order valence-electron chi connectivity index (χ1n) is 7.83. The third-order valence-corrected chi connectivity index (χ3v) is 3.59. The Morgan fingerprint density at radius 3 is 2.63 bits per heavy atom. The second-order valence-electron chi connectivity index (χ2n) is 5.57. The van der Waals surface area contributed by atoms with Crippen LogP contribution in [0.2, 0.25) is 0 Å². The highest BCUT2D eigenvalue weighted by atomic mass is 19.4. The van der Waals surface area contributed by atoms with Crippen LogP contribution in [0.5, 0.6) is 0 Å². The summed E-state index contributed by atoms with van der Waals surface area (Å²) >= 11 is 0. The van der Waals surface area contributed by atoms with Crippen LogP contribution in [-0.4, -0.2) is 26.1 Å². The third-order valence-electron chi connectivity index (χ3n) is 3.59. The molecule has 0 unspecified atom stereocenters. The van der Waals surface area contributed by atoms with Gasteiger partial charge in [0.25, 0.3) is 0 Å². The van der Waals surface area contributed by atoms with E-state index in [1.165, 1.54) is 30.3 Å². The van der Waals surface area contributed by atoms with Gasteiger partial charge in [0.05, 0.1) is 17.8 Å². The predicted molar refractivity (Wildman–Crippen MR) is 87.9 cm³/mol. The van der Waals surface area contributed by atoms with Crippen LogP contribution in [0.25, 0.3) is 11.4 Å². The molecule has 0 saturated carbocycles. The maximum atomic E-state index is 13.5. The van der Waals surface area contributed by atoms with E-state index in [2.05, 4.69) is 20.7 Å². The highest BCUT2D eigenvalue weighted by Gasteiger charge is 2.30. The van der Waals surface area contributed by atoms with Crippen LogP contribution in [0.1, 0.15) is 12.0 Å². The molecular formula is C17H13F4N5O. The monoisotopic (exact) mass is 379 g/mol. The molecule has 3 aromatic rings. The van der Waals surface area contributed by atoms with Gasteiger partial charge < -0.3 is 5.32 Å². The summed E-state index contributed by atoms with van der Waals surface area (Å²) in [5.74, 6) is -1.01. The number of hydrogen-bond acceptors (Lipinski definition) is 4. The molecule has 0 aliphatic heterocycles. The van der Waals surface area contributed by atoms with E-state index in [0.717, 1.165) is 16.9 Å². The number of para-hydroxylation sites is 1. The molecule has 0 saturated heterocycles. The second-order valence-corrected chi connectivity index (χ2v) is 5.57.